The second-order valence-electron chi connectivity index (χ2n) is 3.41. The molecule has 1 N–H and O–H groups in total. The summed E-state index contributed by atoms with van der Waals surface area (Å²) < 4.78 is 0. The third-order valence-corrected chi connectivity index (χ3v) is 5.16. The second kappa shape index (κ2) is 2.19. The Kier molecular flexibility index (Phi) is 1.73. The van der Waals surface area contributed by atoms with Gasteiger partial charge in [0.05, 0.1) is 0 Å². The summed E-state index contributed by atoms with van der Waals surface area (Å²) in [4.78, 5) is 0. The van der Waals surface area contributed by atoms with Gasteiger partial charge in [0.2, 0.25) is 0 Å². The molecule has 0 aromatic heterocycles. The topological polar surface area (TPSA) is 12.0 Å². The molecule has 0 aromatic carbocycles. The van der Waals surface area contributed by atoms with Crippen molar-refractivity contribution in [1.29, 1.82) is 0 Å². The van der Waals surface area contributed by atoms with Crippen LogP contribution in [0.5, 0.6) is 0 Å². The number of nitrogens with one attached hydrogen (secondary N) is 1. The zero-order valence-corrected chi connectivity index (χ0v) is 6.83. The van der Waals surface area contributed by atoms with E-state index in [-0.39, 0.29) is 0 Å². The highest BCUT2D eigenvalue weighted by atomic mass is 28.3. The summed E-state index contributed by atoms with van der Waals surface area (Å²) in [6.45, 7) is 7.51. The van der Waals surface area contributed by atoms with Crippen molar-refractivity contribution in [1.82, 2.24) is 5.32 Å². The summed E-state index contributed by atoms with van der Waals surface area (Å²) in [5, 5.41) is 3.38. The normalized spacial score (nSPS) is 27.8. The summed E-state index contributed by atoms with van der Waals surface area (Å²) in [5.41, 5.74) is 0. The zero-order chi connectivity index (χ0) is 6.04. The average Bonchev–Trinajstić information content (AvgIpc) is 1.65. The van der Waals surface area contributed by atoms with Gasteiger partial charge in [0.15, 0.2) is 0 Å². The van der Waals surface area contributed by atoms with Crippen LogP contribution in [0, 0.1) is 0 Å². The molecule has 0 unspecified atom stereocenters. The van der Waals surface area contributed by atoms with E-state index in [0.717, 1.165) is 0 Å². The molecular formula is C6H15NSi. The first-order valence-corrected chi connectivity index (χ1v) is 6.83. The van der Waals surface area contributed by atoms with Gasteiger partial charge < -0.3 is 5.32 Å². The Hall–Kier alpha value is 0.177. The van der Waals surface area contributed by atoms with Gasteiger partial charge in [0.1, 0.15) is 0 Å². The molecule has 48 valence electrons. The predicted molar refractivity (Wildman–Crippen MR) is 40.0 cm³/mol. The van der Waals surface area contributed by atoms with E-state index in [9.17, 15) is 0 Å². The van der Waals surface area contributed by atoms with Crippen LogP contribution >= 0.6 is 0 Å². The molecule has 2 heteroatoms. The Labute approximate surface area is 52.5 Å². The molecule has 0 aromatic rings. The smallest absolute Gasteiger partial charge is 0.0498 e. The summed E-state index contributed by atoms with van der Waals surface area (Å²) in [6.07, 6.45) is 0. The predicted octanol–water partition coefficient (Wildman–Crippen LogP) is 1.30. The average molecular weight is 129 g/mol. The van der Waals surface area contributed by atoms with Crippen LogP contribution in [0.3, 0.4) is 0 Å². The van der Waals surface area contributed by atoms with Crippen molar-refractivity contribution in [3.05, 3.63) is 0 Å². The van der Waals surface area contributed by atoms with Crippen molar-refractivity contribution in [3.63, 3.8) is 0 Å². The van der Waals surface area contributed by atoms with E-state index in [1.807, 2.05) is 0 Å². The van der Waals surface area contributed by atoms with Crippen LogP contribution in [0.2, 0.25) is 25.2 Å². The Morgan fingerprint density at radius 2 is 1.62 bits per heavy atom. The van der Waals surface area contributed by atoms with Crippen molar-refractivity contribution in [2.45, 2.75) is 25.2 Å². The molecule has 0 amide bonds. The van der Waals surface area contributed by atoms with Crippen LogP contribution in [0.25, 0.3) is 0 Å². The molecule has 0 bridgehead atoms. The largest absolute Gasteiger partial charge is 0.317 e. The quantitative estimate of drug-likeness (QED) is 0.486. The molecule has 0 aliphatic carbocycles. The molecule has 0 saturated carbocycles. The fourth-order valence-corrected chi connectivity index (χ4v) is 3.06. The van der Waals surface area contributed by atoms with Crippen molar-refractivity contribution in [3.8, 4) is 0 Å². The molecule has 1 heterocycles. The second-order valence-corrected chi connectivity index (χ2v) is 8.74. The third-order valence-electron chi connectivity index (χ3n) is 1.96. The van der Waals surface area contributed by atoms with Gasteiger partial charge in [-0.15, -0.1) is 0 Å². The maximum Gasteiger partial charge on any atom is 0.0498 e. The van der Waals surface area contributed by atoms with Gasteiger partial charge in [-0.2, -0.15) is 0 Å². The van der Waals surface area contributed by atoms with E-state index in [1.54, 1.807) is 0 Å². The van der Waals surface area contributed by atoms with Crippen molar-refractivity contribution >= 4 is 8.07 Å². The molecule has 0 radical (unpaired) electrons. The maximum absolute atomic E-state index is 3.38. The highest BCUT2D eigenvalue weighted by Gasteiger charge is 2.22. The number of hydrogen-bond donors (Lipinski definition) is 1. The third kappa shape index (κ3) is 1.60. The van der Waals surface area contributed by atoms with Crippen LogP contribution in [0.1, 0.15) is 0 Å². The maximum atomic E-state index is 3.38. The SMILES string of the molecule is C[Si]1(C)CCNCC1. The fraction of sp³-hybridized carbons (Fsp3) is 1.00. The van der Waals surface area contributed by atoms with Gasteiger partial charge in [-0.3, -0.25) is 0 Å². The summed E-state index contributed by atoms with van der Waals surface area (Å²) in [5.74, 6) is 0. The molecule has 1 rings (SSSR count). The molecular weight excluding hydrogens is 114 g/mol. The molecule has 8 heavy (non-hydrogen) atoms. The molecule has 0 atom stereocenters. The minimum absolute atomic E-state index is 0.653. The lowest BCUT2D eigenvalue weighted by Gasteiger charge is -2.27. The Balaban J connectivity index is 2.33. The molecule has 1 aliphatic heterocycles. The Morgan fingerprint density at radius 3 is 1.88 bits per heavy atom. The lowest BCUT2D eigenvalue weighted by Crippen LogP contribution is -2.39. The lowest BCUT2D eigenvalue weighted by molar-refractivity contribution is 0.712. The Morgan fingerprint density at radius 1 is 1.12 bits per heavy atom. The Bertz CT molecular complexity index is 72.6. The van der Waals surface area contributed by atoms with Gasteiger partial charge in [0, 0.05) is 8.07 Å². The van der Waals surface area contributed by atoms with E-state index >= 15 is 0 Å². The summed E-state index contributed by atoms with van der Waals surface area (Å²) >= 11 is 0. The highest BCUT2D eigenvalue weighted by molar-refractivity contribution is 6.77. The fourth-order valence-electron chi connectivity index (χ4n) is 1.10. The van der Waals surface area contributed by atoms with E-state index < -0.39 is 8.07 Å². The van der Waals surface area contributed by atoms with E-state index in [4.69, 9.17) is 0 Å². The van der Waals surface area contributed by atoms with Crippen LogP contribution in [0.15, 0.2) is 0 Å². The lowest BCUT2D eigenvalue weighted by atomic mass is 10.6. The minimum atomic E-state index is -0.653. The highest BCUT2D eigenvalue weighted by Crippen LogP contribution is 2.16. The van der Waals surface area contributed by atoms with Gasteiger partial charge in [-0.1, -0.05) is 13.1 Å². The van der Waals surface area contributed by atoms with E-state index in [1.165, 1.54) is 25.2 Å². The molecule has 1 aliphatic rings. The van der Waals surface area contributed by atoms with Crippen molar-refractivity contribution < 1.29 is 0 Å². The number of hydrogen-bond acceptors (Lipinski definition) is 1. The minimum Gasteiger partial charge on any atom is -0.317 e. The van der Waals surface area contributed by atoms with Crippen LogP contribution < -0.4 is 5.32 Å². The van der Waals surface area contributed by atoms with Gasteiger partial charge in [-0.05, 0) is 25.2 Å². The first-order valence-electron chi connectivity index (χ1n) is 3.41. The van der Waals surface area contributed by atoms with Gasteiger partial charge in [0.25, 0.3) is 0 Å². The first-order chi connectivity index (χ1) is 3.71. The molecule has 1 saturated heterocycles. The molecule has 0 spiro atoms. The molecule has 1 nitrogen and oxygen atoms in total. The van der Waals surface area contributed by atoms with Crippen molar-refractivity contribution in [2.75, 3.05) is 13.1 Å². The van der Waals surface area contributed by atoms with E-state index in [2.05, 4.69) is 18.4 Å². The molecule has 1 fully saturated rings. The van der Waals surface area contributed by atoms with Gasteiger partial charge in [-0.25, -0.2) is 0 Å². The standard InChI is InChI=1S/C6H15NSi/c1-8(2)5-3-7-4-6-8/h7H,3-6H2,1-2H3. The number of rotatable bonds is 0. The van der Waals surface area contributed by atoms with Crippen LogP contribution in [0.4, 0.5) is 0 Å². The zero-order valence-electron chi connectivity index (χ0n) is 5.83. The van der Waals surface area contributed by atoms with E-state index in [0.29, 0.717) is 0 Å². The van der Waals surface area contributed by atoms with Crippen molar-refractivity contribution in [2.24, 2.45) is 0 Å². The summed E-state index contributed by atoms with van der Waals surface area (Å²) in [7, 11) is -0.653. The van der Waals surface area contributed by atoms with Gasteiger partial charge >= 0.3 is 0 Å². The summed E-state index contributed by atoms with van der Waals surface area (Å²) in [6, 6.07) is 2.96. The van der Waals surface area contributed by atoms with Crippen LogP contribution in [-0.4, -0.2) is 21.2 Å². The monoisotopic (exact) mass is 129 g/mol. The first kappa shape index (κ1) is 6.30. The van der Waals surface area contributed by atoms with Crippen LogP contribution in [-0.2, 0) is 0 Å².